The Bertz CT molecular complexity index is 360. The minimum Gasteiger partial charge on any atom is -0.263 e. The minimum atomic E-state index is -0.950. The van der Waals surface area contributed by atoms with Crippen LogP contribution in [0.4, 0.5) is 0 Å². The topological polar surface area (TPSA) is 42.0 Å². The van der Waals surface area contributed by atoms with Crippen LogP contribution in [0, 0.1) is 0 Å². The molecule has 0 aliphatic rings. The Balaban J connectivity index is 2.52. The van der Waals surface area contributed by atoms with E-state index in [1.165, 1.54) is 0 Å². The summed E-state index contributed by atoms with van der Waals surface area (Å²) in [5, 5.41) is 0. The van der Waals surface area contributed by atoms with Gasteiger partial charge in [0.05, 0.1) is 11.0 Å². The van der Waals surface area contributed by atoms with Gasteiger partial charge >= 0.3 is 0 Å². The van der Waals surface area contributed by atoms with E-state index in [2.05, 4.69) is 32.6 Å². The van der Waals surface area contributed by atoms with Gasteiger partial charge in [-0.1, -0.05) is 13.3 Å². The third-order valence-corrected chi connectivity index (χ3v) is 3.93. The SMILES string of the molecule is CCCCS(=O)NC(C)c1cncc(Br)c1. The maximum Gasteiger partial charge on any atom is 0.0920 e. The van der Waals surface area contributed by atoms with E-state index in [9.17, 15) is 4.21 Å². The normalized spacial score (nSPS) is 14.7. The molecule has 16 heavy (non-hydrogen) atoms. The van der Waals surface area contributed by atoms with Gasteiger partial charge in [0.15, 0.2) is 0 Å². The van der Waals surface area contributed by atoms with E-state index in [1.807, 2.05) is 13.0 Å². The summed E-state index contributed by atoms with van der Waals surface area (Å²) in [6.45, 7) is 4.09. The van der Waals surface area contributed by atoms with Gasteiger partial charge in [-0.05, 0) is 40.9 Å². The van der Waals surface area contributed by atoms with Crippen LogP contribution in [0.2, 0.25) is 0 Å². The van der Waals surface area contributed by atoms with Crippen molar-refractivity contribution in [3.05, 3.63) is 28.5 Å². The second-order valence-electron chi connectivity index (χ2n) is 3.68. The maximum absolute atomic E-state index is 11.6. The molecular weight excluding hydrogens is 288 g/mol. The molecule has 0 saturated heterocycles. The summed E-state index contributed by atoms with van der Waals surface area (Å²) >= 11 is 3.37. The van der Waals surface area contributed by atoms with E-state index in [0.29, 0.717) is 5.75 Å². The standard InChI is InChI=1S/C11H17BrN2OS/c1-3-4-5-16(15)14-9(2)10-6-11(12)8-13-7-10/h6-9,14H,3-5H2,1-2H3. The fraction of sp³-hybridized carbons (Fsp3) is 0.545. The van der Waals surface area contributed by atoms with Gasteiger partial charge in [0.1, 0.15) is 0 Å². The van der Waals surface area contributed by atoms with Crippen molar-refractivity contribution in [2.24, 2.45) is 0 Å². The zero-order valence-electron chi connectivity index (χ0n) is 9.57. The van der Waals surface area contributed by atoms with Gasteiger partial charge in [-0.15, -0.1) is 0 Å². The van der Waals surface area contributed by atoms with Gasteiger partial charge in [0, 0.05) is 28.7 Å². The summed E-state index contributed by atoms with van der Waals surface area (Å²) in [5.74, 6) is 0.711. The molecule has 1 aromatic heterocycles. The lowest BCUT2D eigenvalue weighted by Crippen LogP contribution is -2.23. The number of unbranched alkanes of at least 4 members (excludes halogenated alkanes) is 1. The van der Waals surface area contributed by atoms with Crippen LogP contribution in [-0.4, -0.2) is 14.9 Å². The Morgan fingerprint density at radius 3 is 2.94 bits per heavy atom. The average molecular weight is 305 g/mol. The molecule has 0 aliphatic carbocycles. The molecule has 0 saturated carbocycles. The minimum absolute atomic E-state index is 0.0580. The number of rotatable bonds is 6. The predicted octanol–water partition coefficient (Wildman–Crippen LogP) is 2.96. The molecule has 0 aliphatic heterocycles. The lowest BCUT2D eigenvalue weighted by Gasteiger charge is -2.13. The molecule has 90 valence electrons. The number of aromatic nitrogens is 1. The van der Waals surface area contributed by atoms with Crippen LogP contribution >= 0.6 is 15.9 Å². The van der Waals surface area contributed by atoms with Crippen molar-refractivity contribution < 1.29 is 4.21 Å². The molecule has 0 spiro atoms. The first-order valence-corrected chi connectivity index (χ1v) is 7.49. The van der Waals surface area contributed by atoms with Crippen LogP contribution in [0.5, 0.6) is 0 Å². The third kappa shape index (κ3) is 4.72. The second-order valence-corrected chi connectivity index (χ2v) is 5.93. The van der Waals surface area contributed by atoms with Crippen LogP contribution in [0.3, 0.4) is 0 Å². The van der Waals surface area contributed by atoms with Crippen molar-refractivity contribution in [3.8, 4) is 0 Å². The monoisotopic (exact) mass is 304 g/mol. The van der Waals surface area contributed by atoms with Gasteiger partial charge in [-0.25, -0.2) is 8.93 Å². The summed E-state index contributed by atoms with van der Waals surface area (Å²) in [5.41, 5.74) is 1.04. The van der Waals surface area contributed by atoms with Crippen molar-refractivity contribution in [2.45, 2.75) is 32.7 Å². The molecule has 0 fully saturated rings. The molecular formula is C11H17BrN2OS. The largest absolute Gasteiger partial charge is 0.263 e. The number of pyridine rings is 1. The first kappa shape index (κ1) is 13.8. The van der Waals surface area contributed by atoms with Crippen LogP contribution in [0.1, 0.15) is 38.3 Å². The van der Waals surface area contributed by atoms with Gasteiger partial charge in [0.25, 0.3) is 0 Å². The van der Waals surface area contributed by atoms with Crippen LogP contribution in [-0.2, 0) is 11.0 Å². The van der Waals surface area contributed by atoms with E-state index < -0.39 is 11.0 Å². The Morgan fingerprint density at radius 2 is 2.31 bits per heavy atom. The Kier molecular flexibility index (Phi) is 6.16. The molecule has 3 nitrogen and oxygen atoms in total. The molecule has 5 heteroatoms. The highest BCUT2D eigenvalue weighted by atomic mass is 79.9. The van der Waals surface area contributed by atoms with Crippen molar-refractivity contribution in [3.63, 3.8) is 0 Å². The summed E-state index contributed by atoms with van der Waals surface area (Å²) in [6, 6.07) is 2.05. The molecule has 1 rings (SSSR count). The first-order valence-electron chi connectivity index (χ1n) is 5.38. The Morgan fingerprint density at radius 1 is 1.56 bits per heavy atom. The van der Waals surface area contributed by atoms with Gasteiger partial charge in [-0.3, -0.25) is 4.98 Å². The maximum atomic E-state index is 11.6. The number of nitrogens with one attached hydrogen (secondary N) is 1. The molecule has 0 amide bonds. The fourth-order valence-electron chi connectivity index (χ4n) is 1.26. The number of hydrogen-bond donors (Lipinski definition) is 1. The van der Waals surface area contributed by atoms with Crippen LogP contribution in [0.15, 0.2) is 22.9 Å². The molecule has 0 bridgehead atoms. The van der Waals surface area contributed by atoms with Crippen LogP contribution < -0.4 is 4.72 Å². The fourth-order valence-corrected chi connectivity index (χ4v) is 2.85. The Hall–Kier alpha value is -0.260. The zero-order valence-corrected chi connectivity index (χ0v) is 12.0. The molecule has 2 atom stereocenters. The number of nitrogens with zero attached hydrogens (tertiary/aromatic N) is 1. The summed E-state index contributed by atoms with van der Waals surface area (Å²) in [4.78, 5) is 4.09. The van der Waals surface area contributed by atoms with Crippen molar-refractivity contribution in [1.29, 1.82) is 0 Å². The quantitative estimate of drug-likeness (QED) is 0.878. The molecule has 1 N–H and O–H groups in total. The molecule has 1 aromatic rings. The molecule has 1 heterocycles. The number of halogens is 1. The van der Waals surface area contributed by atoms with E-state index in [4.69, 9.17) is 0 Å². The molecule has 2 unspecified atom stereocenters. The van der Waals surface area contributed by atoms with Crippen molar-refractivity contribution in [2.75, 3.05) is 5.75 Å². The second kappa shape index (κ2) is 7.14. The highest BCUT2D eigenvalue weighted by Gasteiger charge is 2.09. The van der Waals surface area contributed by atoms with Crippen LogP contribution in [0.25, 0.3) is 0 Å². The lowest BCUT2D eigenvalue weighted by molar-refractivity contribution is 0.647. The third-order valence-electron chi connectivity index (χ3n) is 2.22. The van der Waals surface area contributed by atoms with E-state index in [1.54, 1.807) is 12.4 Å². The lowest BCUT2D eigenvalue weighted by atomic mass is 10.2. The van der Waals surface area contributed by atoms with Gasteiger partial charge in [-0.2, -0.15) is 0 Å². The molecule has 0 aromatic carbocycles. The average Bonchev–Trinajstić information content (AvgIpc) is 2.26. The van der Waals surface area contributed by atoms with Crippen molar-refractivity contribution in [1.82, 2.24) is 9.71 Å². The zero-order chi connectivity index (χ0) is 12.0. The highest BCUT2D eigenvalue weighted by molar-refractivity contribution is 9.10. The summed E-state index contributed by atoms with van der Waals surface area (Å²) < 4.78 is 15.7. The van der Waals surface area contributed by atoms with Gasteiger partial charge < -0.3 is 0 Å². The smallest absolute Gasteiger partial charge is 0.0920 e. The Labute approximate surface area is 108 Å². The highest BCUT2D eigenvalue weighted by Crippen LogP contribution is 2.16. The summed E-state index contributed by atoms with van der Waals surface area (Å²) in [6.07, 6.45) is 5.59. The predicted molar refractivity (Wildman–Crippen MR) is 71.4 cm³/mol. The van der Waals surface area contributed by atoms with E-state index in [0.717, 1.165) is 22.9 Å². The first-order chi connectivity index (χ1) is 7.63. The van der Waals surface area contributed by atoms with E-state index in [-0.39, 0.29) is 6.04 Å². The van der Waals surface area contributed by atoms with Gasteiger partial charge in [0.2, 0.25) is 0 Å². The van der Waals surface area contributed by atoms with E-state index >= 15 is 0 Å². The summed E-state index contributed by atoms with van der Waals surface area (Å²) in [7, 11) is -0.950. The number of hydrogen-bond acceptors (Lipinski definition) is 2. The van der Waals surface area contributed by atoms with Crippen molar-refractivity contribution >= 4 is 26.9 Å². The molecule has 0 radical (unpaired) electrons.